The number of nitrogens with zero attached hydrogens (tertiary/aromatic N) is 1. The molecular formula is C16H23Cl3N2O2S. The molecule has 0 amide bonds. The molecule has 3 rings (SSSR count). The first kappa shape index (κ1) is 20.3. The molecule has 1 N–H and O–H groups in total. The van der Waals surface area contributed by atoms with Crippen LogP contribution >= 0.6 is 35.6 Å². The van der Waals surface area contributed by atoms with Crippen LogP contribution in [0.15, 0.2) is 18.2 Å². The zero-order valence-corrected chi connectivity index (χ0v) is 16.5. The van der Waals surface area contributed by atoms with Crippen molar-refractivity contribution in [2.75, 3.05) is 19.6 Å². The number of halogens is 3. The van der Waals surface area contributed by atoms with Crippen molar-refractivity contribution in [1.82, 2.24) is 9.62 Å². The molecule has 1 saturated carbocycles. The Morgan fingerprint density at radius 2 is 1.62 bits per heavy atom. The molecule has 1 heterocycles. The van der Waals surface area contributed by atoms with Crippen LogP contribution in [-0.4, -0.2) is 38.4 Å². The average Bonchev–Trinajstić information content (AvgIpc) is 3.28. The van der Waals surface area contributed by atoms with Gasteiger partial charge in [-0.25, -0.2) is 12.7 Å². The fourth-order valence-corrected chi connectivity index (χ4v) is 5.10. The quantitative estimate of drug-likeness (QED) is 0.773. The van der Waals surface area contributed by atoms with Crippen molar-refractivity contribution in [2.24, 2.45) is 5.92 Å². The molecule has 1 saturated heterocycles. The van der Waals surface area contributed by atoms with Crippen LogP contribution < -0.4 is 5.32 Å². The fraction of sp³-hybridized carbons (Fsp3) is 0.625. The van der Waals surface area contributed by atoms with Crippen LogP contribution in [0.25, 0.3) is 0 Å². The molecule has 1 aliphatic heterocycles. The Labute approximate surface area is 160 Å². The van der Waals surface area contributed by atoms with Gasteiger partial charge in [0.05, 0.1) is 5.75 Å². The molecule has 0 unspecified atom stereocenters. The highest BCUT2D eigenvalue weighted by Crippen LogP contribution is 2.28. The summed E-state index contributed by atoms with van der Waals surface area (Å²) >= 11 is 11.9. The Bertz CT molecular complexity index is 637. The van der Waals surface area contributed by atoms with Crippen molar-refractivity contribution in [2.45, 2.75) is 37.5 Å². The zero-order valence-electron chi connectivity index (χ0n) is 13.4. The van der Waals surface area contributed by atoms with Crippen LogP contribution in [0.2, 0.25) is 10.0 Å². The van der Waals surface area contributed by atoms with E-state index in [1.807, 2.05) is 0 Å². The van der Waals surface area contributed by atoms with E-state index in [0.29, 0.717) is 34.7 Å². The molecule has 1 aliphatic carbocycles. The minimum Gasteiger partial charge on any atom is -0.314 e. The largest absolute Gasteiger partial charge is 0.314 e. The predicted molar refractivity (Wildman–Crippen MR) is 102 cm³/mol. The highest BCUT2D eigenvalue weighted by Gasteiger charge is 2.29. The molecule has 136 valence electrons. The topological polar surface area (TPSA) is 49.4 Å². The first-order valence-corrected chi connectivity index (χ1v) is 10.4. The van der Waals surface area contributed by atoms with Crippen LogP contribution in [0.3, 0.4) is 0 Å². The number of nitrogens with one attached hydrogen (secondary N) is 1. The van der Waals surface area contributed by atoms with Crippen molar-refractivity contribution in [3.8, 4) is 0 Å². The maximum Gasteiger partial charge on any atom is 0.218 e. The van der Waals surface area contributed by atoms with E-state index in [-0.39, 0.29) is 18.2 Å². The number of benzene rings is 1. The van der Waals surface area contributed by atoms with Crippen molar-refractivity contribution >= 4 is 45.6 Å². The first-order valence-electron chi connectivity index (χ1n) is 8.08. The number of rotatable bonds is 6. The summed E-state index contributed by atoms with van der Waals surface area (Å²) in [5.74, 6) is 0.803. The Morgan fingerprint density at radius 3 is 2.17 bits per heavy atom. The Kier molecular flexibility index (Phi) is 7.23. The molecule has 8 heteroatoms. The molecule has 0 bridgehead atoms. The molecule has 0 radical (unpaired) electrons. The van der Waals surface area contributed by atoms with Gasteiger partial charge in [0, 0.05) is 29.2 Å². The maximum absolute atomic E-state index is 12.6. The van der Waals surface area contributed by atoms with E-state index in [4.69, 9.17) is 23.2 Å². The summed E-state index contributed by atoms with van der Waals surface area (Å²) in [6, 6.07) is 5.38. The molecule has 0 aromatic heterocycles. The molecule has 1 aromatic carbocycles. The van der Waals surface area contributed by atoms with Gasteiger partial charge in [0.2, 0.25) is 10.0 Å². The normalized spacial score (nSPS) is 19.9. The molecule has 2 aliphatic rings. The second kappa shape index (κ2) is 8.56. The lowest BCUT2D eigenvalue weighted by molar-refractivity contribution is 0.287. The third-order valence-electron chi connectivity index (χ3n) is 4.51. The van der Waals surface area contributed by atoms with Gasteiger partial charge < -0.3 is 5.32 Å². The third-order valence-corrected chi connectivity index (χ3v) is 6.80. The van der Waals surface area contributed by atoms with E-state index in [9.17, 15) is 8.42 Å². The maximum atomic E-state index is 12.6. The monoisotopic (exact) mass is 412 g/mol. The van der Waals surface area contributed by atoms with Gasteiger partial charge in [0.15, 0.2) is 0 Å². The summed E-state index contributed by atoms with van der Waals surface area (Å²) < 4.78 is 26.8. The van der Waals surface area contributed by atoms with E-state index in [2.05, 4.69) is 5.32 Å². The summed E-state index contributed by atoms with van der Waals surface area (Å²) in [6.45, 7) is 2.25. The molecule has 1 aromatic rings. The van der Waals surface area contributed by atoms with Gasteiger partial charge in [-0.15, -0.1) is 12.4 Å². The van der Waals surface area contributed by atoms with Crippen molar-refractivity contribution < 1.29 is 8.42 Å². The second-order valence-corrected chi connectivity index (χ2v) is 9.40. The predicted octanol–water partition coefficient (Wildman–Crippen LogP) is 3.71. The lowest BCUT2D eigenvalue weighted by Gasteiger charge is -2.31. The number of hydrogen-bond acceptors (Lipinski definition) is 3. The van der Waals surface area contributed by atoms with Gasteiger partial charge in [-0.05, 0) is 61.9 Å². The Morgan fingerprint density at radius 1 is 1.04 bits per heavy atom. The Hall–Kier alpha value is -0.0400. The average molecular weight is 414 g/mol. The van der Waals surface area contributed by atoms with Crippen LogP contribution in [-0.2, 0) is 15.8 Å². The summed E-state index contributed by atoms with van der Waals surface area (Å²) in [4.78, 5) is 0. The van der Waals surface area contributed by atoms with Gasteiger partial charge in [0.25, 0.3) is 0 Å². The summed E-state index contributed by atoms with van der Waals surface area (Å²) in [6.07, 6.45) is 4.43. The SMILES string of the molecule is Cl.O=S(=O)(Cc1cc(Cl)cc(Cl)c1)N1CCC(NCC2CC2)CC1. The van der Waals surface area contributed by atoms with E-state index >= 15 is 0 Å². The fourth-order valence-electron chi connectivity index (χ4n) is 2.99. The highest BCUT2D eigenvalue weighted by atomic mass is 35.5. The van der Waals surface area contributed by atoms with Gasteiger partial charge >= 0.3 is 0 Å². The lowest BCUT2D eigenvalue weighted by Crippen LogP contribution is -2.45. The summed E-state index contributed by atoms with van der Waals surface area (Å²) in [5, 5.41) is 4.49. The van der Waals surface area contributed by atoms with E-state index in [1.165, 1.54) is 12.8 Å². The van der Waals surface area contributed by atoms with Crippen LogP contribution in [0, 0.1) is 5.92 Å². The van der Waals surface area contributed by atoms with Crippen molar-refractivity contribution in [3.63, 3.8) is 0 Å². The number of sulfonamides is 1. The Balaban J connectivity index is 0.00000208. The molecular weight excluding hydrogens is 391 g/mol. The van der Waals surface area contributed by atoms with Crippen LogP contribution in [0.1, 0.15) is 31.2 Å². The second-order valence-electron chi connectivity index (χ2n) is 6.56. The number of hydrogen-bond donors (Lipinski definition) is 1. The smallest absolute Gasteiger partial charge is 0.218 e. The minimum atomic E-state index is -3.32. The van der Waals surface area contributed by atoms with E-state index in [1.54, 1.807) is 22.5 Å². The lowest BCUT2D eigenvalue weighted by atomic mass is 10.1. The molecule has 4 nitrogen and oxygen atoms in total. The van der Waals surface area contributed by atoms with Crippen LogP contribution in [0.4, 0.5) is 0 Å². The van der Waals surface area contributed by atoms with Gasteiger partial charge in [-0.1, -0.05) is 23.2 Å². The van der Waals surface area contributed by atoms with Crippen molar-refractivity contribution in [1.29, 1.82) is 0 Å². The first-order chi connectivity index (χ1) is 10.9. The highest BCUT2D eigenvalue weighted by molar-refractivity contribution is 7.88. The molecule has 0 atom stereocenters. The van der Waals surface area contributed by atoms with Crippen molar-refractivity contribution in [3.05, 3.63) is 33.8 Å². The zero-order chi connectivity index (χ0) is 16.4. The summed E-state index contributed by atoms with van der Waals surface area (Å²) in [5.41, 5.74) is 0.636. The summed E-state index contributed by atoms with van der Waals surface area (Å²) in [7, 11) is -3.32. The minimum absolute atomic E-state index is 0. The van der Waals surface area contributed by atoms with E-state index < -0.39 is 10.0 Å². The molecule has 0 spiro atoms. The van der Waals surface area contributed by atoms with Gasteiger partial charge in [0.1, 0.15) is 0 Å². The van der Waals surface area contributed by atoms with Crippen LogP contribution in [0.5, 0.6) is 0 Å². The molecule has 2 fully saturated rings. The molecule has 24 heavy (non-hydrogen) atoms. The number of piperidine rings is 1. The van der Waals surface area contributed by atoms with Gasteiger partial charge in [-0.2, -0.15) is 0 Å². The third kappa shape index (κ3) is 5.75. The van der Waals surface area contributed by atoms with Gasteiger partial charge in [-0.3, -0.25) is 0 Å². The standard InChI is InChI=1S/C16H22Cl2N2O2S.ClH/c17-14-7-13(8-15(18)9-14)11-23(21,22)20-5-3-16(4-6-20)19-10-12-1-2-12;/h7-9,12,16,19H,1-6,10-11H2;1H. The van der Waals surface area contributed by atoms with E-state index in [0.717, 1.165) is 25.3 Å².